The molecule has 1 atom stereocenters. The molecular formula is C27H26FN5O3. The zero-order valence-corrected chi connectivity index (χ0v) is 19.6. The first-order valence-electron chi connectivity index (χ1n) is 11.8. The van der Waals surface area contributed by atoms with Gasteiger partial charge in [-0.2, -0.15) is 0 Å². The molecule has 36 heavy (non-hydrogen) atoms. The zero-order valence-electron chi connectivity index (χ0n) is 19.6. The summed E-state index contributed by atoms with van der Waals surface area (Å²) in [6, 6.07) is 22.3. The van der Waals surface area contributed by atoms with Crippen LogP contribution in [0.3, 0.4) is 0 Å². The first kappa shape index (κ1) is 23.3. The quantitative estimate of drug-likeness (QED) is 0.574. The summed E-state index contributed by atoms with van der Waals surface area (Å²) in [5.41, 5.74) is 1.14. The Morgan fingerprint density at radius 3 is 2.25 bits per heavy atom. The topological polar surface area (TPSA) is 86.3 Å². The third-order valence-corrected chi connectivity index (χ3v) is 6.08. The van der Waals surface area contributed by atoms with Crippen LogP contribution in [0, 0.1) is 5.82 Å². The van der Waals surface area contributed by atoms with Crippen LogP contribution < -0.4 is 20.3 Å². The maximum atomic E-state index is 14.1. The van der Waals surface area contributed by atoms with Gasteiger partial charge in [-0.3, -0.25) is 14.9 Å². The van der Waals surface area contributed by atoms with Crippen LogP contribution >= 0.6 is 0 Å². The summed E-state index contributed by atoms with van der Waals surface area (Å²) in [7, 11) is 0. The molecule has 3 aromatic carbocycles. The Morgan fingerprint density at radius 1 is 0.889 bits per heavy atom. The van der Waals surface area contributed by atoms with E-state index < -0.39 is 6.04 Å². The van der Waals surface area contributed by atoms with E-state index in [1.54, 1.807) is 36.4 Å². The fourth-order valence-corrected chi connectivity index (χ4v) is 4.21. The largest absolute Gasteiger partial charge is 0.457 e. The zero-order chi connectivity index (χ0) is 24.9. The number of para-hydroxylation sites is 2. The van der Waals surface area contributed by atoms with Crippen molar-refractivity contribution in [1.82, 2.24) is 10.2 Å². The van der Waals surface area contributed by atoms with Crippen molar-refractivity contribution in [2.75, 3.05) is 36.4 Å². The minimum absolute atomic E-state index is 0.0280. The van der Waals surface area contributed by atoms with E-state index in [4.69, 9.17) is 4.74 Å². The van der Waals surface area contributed by atoms with Crippen LogP contribution in [0.2, 0.25) is 0 Å². The minimum atomic E-state index is -0.835. The number of benzene rings is 3. The van der Waals surface area contributed by atoms with E-state index in [9.17, 15) is 14.0 Å². The van der Waals surface area contributed by atoms with Gasteiger partial charge in [-0.1, -0.05) is 30.3 Å². The number of carbonyl (C=O) groups excluding carboxylic acids is 2. The van der Waals surface area contributed by atoms with E-state index in [0.29, 0.717) is 49.3 Å². The van der Waals surface area contributed by atoms with Crippen LogP contribution in [0.4, 0.5) is 15.8 Å². The average molecular weight is 488 g/mol. The predicted octanol–water partition coefficient (Wildman–Crippen LogP) is 3.62. The number of amides is 2. The summed E-state index contributed by atoms with van der Waals surface area (Å²) in [5, 5.41) is 5.61. The SMILES string of the molecule is O=C1CC(C(=O)Nc2ccc(Oc3ccccc3)cc2)N=C(N2CCN(c3ccccc3F)CC2)N1. The fraction of sp³-hybridized carbons (Fsp3) is 0.222. The molecule has 1 saturated heterocycles. The molecule has 2 aliphatic heterocycles. The molecular weight excluding hydrogens is 461 g/mol. The Kier molecular flexibility index (Phi) is 6.79. The van der Waals surface area contributed by atoms with Crippen molar-refractivity contribution < 1.29 is 18.7 Å². The number of ether oxygens (including phenoxy) is 1. The van der Waals surface area contributed by atoms with Crippen molar-refractivity contribution in [3.63, 3.8) is 0 Å². The van der Waals surface area contributed by atoms with Gasteiger partial charge in [0, 0.05) is 31.9 Å². The lowest BCUT2D eigenvalue weighted by Gasteiger charge is -2.38. The number of piperazine rings is 1. The van der Waals surface area contributed by atoms with E-state index in [1.165, 1.54) is 6.07 Å². The number of nitrogens with one attached hydrogen (secondary N) is 2. The molecule has 2 amide bonds. The molecule has 2 aliphatic rings. The summed E-state index contributed by atoms with van der Waals surface area (Å²) in [4.78, 5) is 33.7. The van der Waals surface area contributed by atoms with Crippen molar-refractivity contribution in [2.45, 2.75) is 12.5 Å². The van der Waals surface area contributed by atoms with Crippen LogP contribution in [0.15, 0.2) is 83.9 Å². The van der Waals surface area contributed by atoms with Crippen LogP contribution in [-0.4, -0.2) is 54.9 Å². The number of aliphatic imine (C=N–C) groups is 1. The van der Waals surface area contributed by atoms with Gasteiger partial charge in [0.05, 0.1) is 12.1 Å². The predicted molar refractivity (Wildman–Crippen MR) is 136 cm³/mol. The molecule has 0 saturated carbocycles. The Bertz CT molecular complexity index is 1260. The standard InChI is InChI=1S/C27H26FN5O3/c28-22-8-4-5-9-24(22)32-14-16-33(17-15-32)27-30-23(18-25(34)31-27)26(35)29-19-10-12-21(13-11-19)36-20-6-2-1-3-7-20/h1-13,23H,14-18H2,(H,29,35)(H,30,31,34). The number of halogens is 1. The minimum Gasteiger partial charge on any atom is -0.457 e. The van der Waals surface area contributed by atoms with Crippen molar-refractivity contribution in [3.8, 4) is 11.5 Å². The van der Waals surface area contributed by atoms with E-state index in [0.717, 1.165) is 5.75 Å². The van der Waals surface area contributed by atoms with E-state index in [1.807, 2.05) is 46.2 Å². The second-order valence-electron chi connectivity index (χ2n) is 8.58. The lowest BCUT2D eigenvalue weighted by molar-refractivity contribution is -0.125. The highest BCUT2D eigenvalue weighted by Crippen LogP contribution is 2.23. The molecule has 0 bridgehead atoms. The van der Waals surface area contributed by atoms with Gasteiger partial charge in [0.2, 0.25) is 17.8 Å². The summed E-state index contributed by atoms with van der Waals surface area (Å²) in [6.45, 7) is 2.24. The molecule has 3 aromatic rings. The number of nitrogens with zero attached hydrogens (tertiary/aromatic N) is 3. The van der Waals surface area contributed by atoms with Crippen LogP contribution in [0.5, 0.6) is 11.5 Å². The third kappa shape index (κ3) is 5.46. The average Bonchev–Trinajstić information content (AvgIpc) is 2.90. The van der Waals surface area contributed by atoms with Crippen LogP contribution in [-0.2, 0) is 9.59 Å². The van der Waals surface area contributed by atoms with Crippen molar-refractivity contribution in [3.05, 3.63) is 84.7 Å². The highest BCUT2D eigenvalue weighted by molar-refractivity contribution is 6.06. The first-order chi connectivity index (χ1) is 17.5. The summed E-state index contributed by atoms with van der Waals surface area (Å²) in [5.74, 6) is 0.870. The molecule has 2 N–H and O–H groups in total. The Labute approximate surface area is 208 Å². The van der Waals surface area contributed by atoms with E-state index in [2.05, 4.69) is 15.6 Å². The van der Waals surface area contributed by atoms with E-state index >= 15 is 0 Å². The van der Waals surface area contributed by atoms with Crippen LogP contribution in [0.1, 0.15) is 6.42 Å². The molecule has 0 spiro atoms. The highest BCUT2D eigenvalue weighted by atomic mass is 19.1. The van der Waals surface area contributed by atoms with E-state index in [-0.39, 0.29) is 24.1 Å². The first-order valence-corrected chi connectivity index (χ1v) is 11.8. The molecule has 8 nitrogen and oxygen atoms in total. The molecule has 184 valence electrons. The summed E-state index contributed by atoms with van der Waals surface area (Å²) in [6.07, 6.45) is -0.0280. The molecule has 5 rings (SSSR count). The van der Waals surface area contributed by atoms with Gasteiger partial charge in [-0.25, -0.2) is 9.38 Å². The van der Waals surface area contributed by atoms with Gasteiger partial charge in [0.1, 0.15) is 23.4 Å². The lowest BCUT2D eigenvalue weighted by atomic mass is 10.1. The highest BCUT2D eigenvalue weighted by Gasteiger charge is 2.31. The number of anilines is 2. The van der Waals surface area contributed by atoms with Gasteiger partial charge in [0.15, 0.2) is 0 Å². The molecule has 0 aromatic heterocycles. The second kappa shape index (κ2) is 10.5. The fourth-order valence-electron chi connectivity index (χ4n) is 4.21. The smallest absolute Gasteiger partial charge is 0.249 e. The van der Waals surface area contributed by atoms with Crippen molar-refractivity contribution in [1.29, 1.82) is 0 Å². The number of carbonyl (C=O) groups is 2. The molecule has 1 unspecified atom stereocenters. The van der Waals surface area contributed by atoms with Crippen LogP contribution in [0.25, 0.3) is 0 Å². The number of rotatable bonds is 5. The maximum Gasteiger partial charge on any atom is 0.249 e. The van der Waals surface area contributed by atoms with Gasteiger partial charge < -0.3 is 19.9 Å². The normalized spacial score (nSPS) is 17.8. The summed E-state index contributed by atoms with van der Waals surface area (Å²) < 4.78 is 19.9. The van der Waals surface area contributed by atoms with Gasteiger partial charge in [0.25, 0.3) is 0 Å². The third-order valence-electron chi connectivity index (χ3n) is 6.08. The van der Waals surface area contributed by atoms with Gasteiger partial charge >= 0.3 is 0 Å². The Morgan fingerprint density at radius 2 is 1.53 bits per heavy atom. The lowest BCUT2D eigenvalue weighted by Crippen LogP contribution is -2.56. The van der Waals surface area contributed by atoms with Crippen molar-refractivity contribution >= 4 is 29.1 Å². The summed E-state index contributed by atoms with van der Waals surface area (Å²) >= 11 is 0. The Hall–Kier alpha value is -4.40. The number of hydrogen-bond donors (Lipinski definition) is 2. The van der Waals surface area contributed by atoms with Crippen molar-refractivity contribution in [2.24, 2.45) is 4.99 Å². The number of hydrogen-bond acceptors (Lipinski definition) is 6. The molecule has 0 radical (unpaired) electrons. The Balaban J connectivity index is 1.20. The molecule has 1 fully saturated rings. The number of guanidine groups is 1. The van der Waals surface area contributed by atoms with Gasteiger partial charge in [-0.15, -0.1) is 0 Å². The van der Waals surface area contributed by atoms with Gasteiger partial charge in [-0.05, 0) is 48.5 Å². The second-order valence-corrected chi connectivity index (χ2v) is 8.58. The molecule has 2 heterocycles. The monoisotopic (exact) mass is 487 g/mol. The molecule has 0 aliphatic carbocycles. The molecule has 9 heteroatoms. The maximum absolute atomic E-state index is 14.1.